The summed E-state index contributed by atoms with van der Waals surface area (Å²) >= 11 is 0. The predicted octanol–water partition coefficient (Wildman–Crippen LogP) is 2.92. The number of rotatable bonds is 5. The van der Waals surface area contributed by atoms with Crippen LogP contribution in [0.5, 0.6) is 0 Å². The Morgan fingerprint density at radius 1 is 1.15 bits per heavy atom. The van der Waals surface area contributed by atoms with Crippen molar-refractivity contribution in [1.82, 2.24) is 14.9 Å². The largest absolute Gasteiger partial charge is 0.342 e. The Bertz CT molecular complexity index is 795. The highest BCUT2D eigenvalue weighted by atomic mass is 16.1. The fourth-order valence-corrected chi connectivity index (χ4v) is 4.06. The van der Waals surface area contributed by atoms with Crippen molar-refractivity contribution in [2.75, 3.05) is 31.1 Å². The molecule has 5 nitrogen and oxygen atoms in total. The molecule has 5 heteroatoms. The van der Waals surface area contributed by atoms with Crippen molar-refractivity contribution in [3.8, 4) is 0 Å². The molecule has 0 unspecified atom stereocenters. The lowest BCUT2D eigenvalue weighted by Gasteiger charge is -2.29. The second-order valence-corrected chi connectivity index (χ2v) is 7.64. The number of nitrogens with one attached hydrogen (secondary N) is 1. The van der Waals surface area contributed by atoms with Gasteiger partial charge in [-0.15, -0.1) is 0 Å². The van der Waals surface area contributed by atoms with Crippen molar-refractivity contribution < 1.29 is 0 Å². The lowest BCUT2D eigenvalue weighted by Crippen LogP contribution is -2.37. The van der Waals surface area contributed by atoms with Gasteiger partial charge in [0.15, 0.2) is 0 Å². The first-order chi connectivity index (χ1) is 12.7. The van der Waals surface area contributed by atoms with Crippen LogP contribution >= 0.6 is 0 Å². The number of aromatic amines is 1. The van der Waals surface area contributed by atoms with Crippen LogP contribution in [0.3, 0.4) is 0 Å². The second-order valence-electron chi connectivity index (χ2n) is 7.64. The summed E-state index contributed by atoms with van der Waals surface area (Å²) in [6.45, 7) is 7.02. The van der Waals surface area contributed by atoms with E-state index in [1.54, 1.807) is 0 Å². The van der Waals surface area contributed by atoms with E-state index >= 15 is 0 Å². The SMILES string of the molecule is C[C@@H](CCN1CCc2nc(N3CCCC3)[nH]c(=O)c2C1)c1ccccc1. The van der Waals surface area contributed by atoms with Gasteiger partial charge in [0.1, 0.15) is 0 Å². The van der Waals surface area contributed by atoms with E-state index in [0.29, 0.717) is 5.92 Å². The Morgan fingerprint density at radius 2 is 1.92 bits per heavy atom. The molecular formula is C21H28N4O. The van der Waals surface area contributed by atoms with Gasteiger partial charge in [-0.1, -0.05) is 37.3 Å². The highest BCUT2D eigenvalue weighted by Gasteiger charge is 2.23. The Morgan fingerprint density at radius 3 is 2.69 bits per heavy atom. The molecule has 2 aliphatic rings. The normalized spacial score (nSPS) is 18.7. The Labute approximate surface area is 155 Å². The zero-order valence-corrected chi connectivity index (χ0v) is 15.6. The Kier molecular flexibility index (Phi) is 5.07. The lowest BCUT2D eigenvalue weighted by atomic mass is 9.97. The fourth-order valence-electron chi connectivity index (χ4n) is 4.06. The molecule has 0 amide bonds. The first kappa shape index (κ1) is 17.3. The van der Waals surface area contributed by atoms with Gasteiger partial charge in [0.05, 0.1) is 11.3 Å². The van der Waals surface area contributed by atoms with E-state index in [1.165, 1.54) is 18.4 Å². The summed E-state index contributed by atoms with van der Waals surface area (Å²) in [6.07, 6.45) is 4.36. The summed E-state index contributed by atoms with van der Waals surface area (Å²) < 4.78 is 0. The molecule has 2 aliphatic heterocycles. The lowest BCUT2D eigenvalue weighted by molar-refractivity contribution is 0.242. The van der Waals surface area contributed by atoms with Crippen LogP contribution in [0.1, 0.15) is 48.9 Å². The maximum absolute atomic E-state index is 12.6. The van der Waals surface area contributed by atoms with Crippen molar-refractivity contribution >= 4 is 5.95 Å². The molecule has 26 heavy (non-hydrogen) atoms. The molecule has 3 heterocycles. The number of H-pyrrole nitrogens is 1. The zero-order valence-electron chi connectivity index (χ0n) is 15.6. The van der Waals surface area contributed by atoms with Crippen LogP contribution in [0, 0.1) is 0 Å². The van der Waals surface area contributed by atoms with Gasteiger partial charge in [-0.3, -0.25) is 14.7 Å². The Hall–Kier alpha value is -2.14. The first-order valence-corrected chi connectivity index (χ1v) is 9.85. The van der Waals surface area contributed by atoms with Gasteiger partial charge >= 0.3 is 0 Å². The molecule has 2 aromatic rings. The summed E-state index contributed by atoms with van der Waals surface area (Å²) in [5.74, 6) is 1.31. The molecule has 0 spiro atoms. The topological polar surface area (TPSA) is 52.2 Å². The summed E-state index contributed by atoms with van der Waals surface area (Å²) in [7, 11) is 0. The third-order valence-corrected chi connectivity index (χ3v) is 5.79. The van der Waals surface area contributed by atoms with Crippen molar-refractivity contribution in [2.45, 2.75) is 45.1 Å². The number of aromatic nitrogens is 2. The molecular weight excluding hydrogens is 324 g/mol. The highest BCUT2D eigenvalue weighted by Crippen LogP contribution is 2.22. The van der Waals surface area contributed by atoms with Crippen LogP contribution < -0.4 is 10.5 Å². The molecule has 1 aromatic heterocycles. The summed E-state index contributed by atoms with van der Waals surface area (Å²) in [5.41, 5.74) is 3.31. The van der Waals surface area contributed by atoms with Crippen LogP contribution in [-0.2, 0) is 13.0 Å². The van der Waals surface area contributed by atoms with Crippen molar-refractivity contribution in [2.24, 2.45) is 0 Å². The van der Waals surface area contributed by atoms with E-state index in [1.807, 2.05) is 0 Å². The number of nitrogens with zero attached hydrogens (tertiary/aromatic N) is 3. The predicted molar refractivity (Wildman–Crippen MR) is 105 cm³/mol. The van der Waals surface area contributed by atoms with Crippen LogP contribution in [0.4, 0.5) is 5.95 Å². The van der Waals surface area contributed by atoms with Gasteiger partial charge in [-0.2, -0.15) is 0 Å². The number of hydrogen-bond donors (Lipinski definition) is 1. The van der Waals surface area contributed by atoms with Gasteiger partial charge in [0.25, 0.3) is 5.56 Å². The van der Waals surface area contributed by atoms with Gasteiger partial charge in [-0.25, -0.2) is 4.98 Å². The molecule has 1 aromatic carbocycles. The minimum Gasteiger partial charge on any atom is -0.342 e. The minimum atomic E-state index is 0.0534. The summed E-state index contributed by atoms with van der Waals surface area (Å²) in [6, 6.07) is 10.7. The summed E-state index contributed by atoms with van der Waals surface area (Å²) in [4.78, 5) is 25.0. The molecule has 0 bridgehead atoms. The van der Waals surface area contributed by atoms with Crippen LogP contribution in [0.25, 0.3) is 0 Å². The van der Waals surface area contributed by atoms with Crippen LogP contribution in [0.2, 0.25) is 0 Å². The standard InChI is InChI=1S/C21H28N4O/c1-16(17-7-3-2-4-8-17)9-13-24-14-10-19-18(15-24)20(26)23-21(22-19)25-11-5-6-12-25/h2-4,7-8,16H,5-6,9-15H2,1H3,(H,22,23,26)/t16-/m0/s1. The highest BCUT2D eigenvalue weighted by molar-refractivity contribution is 5.35. The molecule has 0 radical (unpaired) electrons. The van der Waals surface area contributed by atoms with Crippen LogP contribution in [-0.4, -0.2) is 41.0 Å². The van der Waals surface area contributed by atoms with Crippen molar-refractivity contribution in [1.29, 1.82) is 0 Å². The number of anilines is 1. The van der Waals surface area contributed by atoms with Gasteiger partial charge in [-0.05, 0) is 37.3 Å². The van der Waals surface area contributed by atoms with E-state index < -0.39 is 0 Å². The van der Waals surface area contributed by atoms with E-state index in [4.69, 9.17) is 4.98 Å². The quantitative estimate of drug-likeness (QED) is 0.899. The number of fused-ring (bicyclic) bond motifs is 1. The maximum Gasteiger partial charge on any atom is 0.257 e. The second kappa shape index (κ2) is 7.62. The monoisotopic (exact) mass is 352 g/mol. The van der Waals surface area contributed by atoms with E-state index in [-0.39, 0.29) is 5.56 Å². The molecule has 1 atom stereocenters. The van der Waals surface area contributed by atoms with E-state index in [0.717, 1.165) is 62.8 Å². The Balaban J connectivity index is 1.40. The van der Waals surface area contributed by atoms with Gasteiger partial charge in [0, 0.05) is 32.6 Å². The smallest absolute Gasteiger partial charge is 0.257 e. The van der Waals surface area contributed by atoms with E-state index in [9.17, 15) is 4.79 Å². The number of hydrogen-bond acceptors (Lipinski definition) is 4. The van der Waals surface area contributed by atoms with Crippen molar-refractivity contribution in [3.05, 3.63) is 57.5 Å². The molecule has 138 valence electrons. The average molecular weight is 352 g/mol. The minimum absolute atomic E-state index is 0.0534. The summed E-state index contributed by atoms with van der Waals surface area (Å²) in [5, 5.41) is 0. The molecule has 1 fully saturated rings. The van der Waals surface area contributed by atoms with Gasteiger partial charge in [0.2, 0.25) is 5.95 Å². The zero-order chi connectivity index (χ0) is 17.9. The third-order valence-electron chi connectivity index (χ3n) is 5.79. The fraction of sp³-hybridized carbons (Fsp3) is 0.524. The average Bonchev–Trinajstić information content (AvgIpc) is 3.22. The maximum atomic E-state index is 12.6. The van der Waals surface area contributed by atoms with Gasteiger partial charge < -0.3 is 4.90 Å². The molecule has 0 aliphatic carbocycles. The third kappa shape index (κ3) is 3.68. The molecule has 1 saturated heterocycles. The first-order valence-electron chi connectivity index (χ1n) is 9.85. The number of benzene rings is 1. The van der Waals surface area contributed by atoms with E-state index in [2.05, 4.69) is 52.0 Å². The molecule has 1 N–H and O–H groups in total. The molecule has 0 saturated carbocycles. The van der Waals surface area contributed by atoms with Crippen LogP contribution in [0.15, 0.2) is 35.1 Å². The van der Waals surface area contributed by atoms with Crippen molar-refractivity contribution in [3.63, 3.8) is 0 Å². The molecule has 4 rings (SSSR count).